The molecule has 0 spiro atoms. The van der Waals surface area contributed by atoms with E-state index in [-0.39, 0.29) is 23.8 Å². The second kappa shape index (κ2) is 10.5. The molecule has 1 fully saturated rings. The maximum Gasteiger partial charge on any atom is 0.335 e. The van der Waals surface area contributed by atoms with Crippen LogP contribution in [0, 0.1) is 12.7 Å². The number of anilines is 2. The minimum atomic E-state index is -0.928. The molecule has 1 aliphatic heterocycles. The Kier molecular flexibility index (Phi) is 7.25. The molecule has 0 bridgehead atoms. The lowest BCUT2D eigenvalue weighted by molar-refractivity contribution is -0.122. The Morgan fingerprint density at radius 3 is 2.42 bits per heavy atom. The van der Waals surface area contributed by atoms with E-state index in [0.29, 0.717) is 21.5 Å². The average molecular weight is 552 g/mol. The average Bonchev–Trinajstić information content (AvgIpc) is 2.84. The van der Waals surface area contributed by atoms with Crippen LogP contribution in [0.4, 0.5) is 20.6 Å². The predicted octanol–water partition coefficient (Wildman–Crippen LogP) is 4.58. The standard InChI is InChI=1S/C26H19BrFN3O5/c1-15-2-7-18(8-3-15)29-23(32)14-36-22-11-4-16(13-21(22)27)12-20-24(33)30-26(35)31(25(20)34)19-9-5-17(28)6-10-19/h2-13H,14H2,1H3,(H,29,32)(H,30,33,35)/b20-12+. The molecule has 0 radical (unpaired) electrons. The van der Waals surface area contributed by atoms with E-state index in [0.717, 1.165) is 22.6 Å². The van der Waals surface area contributed by atoms with Crippen LogP contribution in [-0.4, -0.2) is 30.4 Å². The topological polar surface area (TPSA) is 105 Å². The number of halogens is 2. The van der Waals surface area contributed by atoms with E-state index in [2.05, 4.69) is 26.6 Å². The Bertz CT molecular complexity index is 1390. The molecular weight excluding hydrogens is 533 g/mol. The number of nitrogens with zero attached hydrogens (tertiary/aromatic N) is 1. The van der Waals surface area contributed by atoms with Crippen molar-refractivity contribution in [1.82, 2.24) is 5.32 Å². The van der Waals surface area contributed by atoms with Crippen molar-refractivity contribution in [1.29, 1.82) is 0 Å². The molecule has 0 aromatic heterocycles. The molecule has 0 unspecified atom stereocenters. The van der Waals surface area contributed by atoms with E-state index in [1.165, 1.54) is 18.2 Å². The summed E-state index contributed by atoms with van der Waals surface area (Å²) in [5.41, 5.74) is 2.03. The number of carbonyl (C=O) groups is 4. The van der Waals surface area contributed by atoms with Gasteiger partial charge in [-0.2, -0.15) is 0 Å². The SMILES string of the molecule is Cc1ccc(NC(=O)COc2ccc(/C=C3\C(=O)NC(=O)N(c4ccc(F)cc4)C3=O)cc2Br)cc1. The molecule has 4 rings (SSSR count). The summed E-state index contributed by atoms with van der Waals surface area (Å²) in [6, 6.07) is 15.9. The fourth-order valence-electron chi connectivity index (χ4n) is 3.35. The molecule has 36 heavy (non-hydrogen) atoms. The summed E-state index contributed by atoms with van der Waals surface area (Å²) in [6.07, 6.45) is 1.32. The van der Waals surface area contributed by atoms with E-state index in [1.807, 2.05) is 19.1 Å². The Morgan fingerprint density at radius 2 is 1.75 bits per heavy atom. The van der Waals surface area contributed by atoms with Gasteiger partial charge in [-0.25, -0.2) is 14.1 Å². The molecule has 8 nitrogen and oxygen atoms in total. The third kappa shape index (κ3) is 5.66. The highest BCUT2D eigenvalue weighted by molar-refractivity contribution is 9.10. The predicted molar refractivity (Wildman–Crippen MR) is 135 cm³/mol. The van der Waals surface area contributed by atoms with Crippen LogP contribution in [0.3, 0.4) is 0 Å². The third-order valence-electron chi connectivity index (χ3n) is 5.15. The first kappa shape index (κ1) is 24.8. The Hall–Kier alpha value is -4.31. The minimum Gasteiger partial charge on any atom is -0.483 e. The number of nitrogens with one attached hydrogen (secondary N) is 2. The van der Waals surface area contributed by atoms with Crippen LogP contribution in [0.15, 0.2) is 76.8 Å². The van der Waals surface area contributed by atoms with Gasteiger partial charge < -0.3 is 10.1 Å². The monoisotopic (exact) mass is 551 g/mol. The molecule has 1 aliphatic rings. The van der Waals surface area contributed by atoms with Gasteiger partial charge in [0.25, 0.3) is 17.7 Å². The van der Waals surface area contributed by atoms with Crippen molar-refractivity contribution in [2.75, 3.05) is 16.8 Å². The summed E-state index contributed by atoms with van der Waals surface area (Å²) in [5, 5.41) is 4.84. The van der Waals surface area contributed by atoms with E-state index in [4.69, 9.17) is 4.74 Å². The van der Waals surface area contributed by atoms with Gasteiger partial charge in [0.05, 0.1) is 10.2 Å². The number of rotatable bonds is 6. The number of barbiturate groups is 1. The zero-order chi connectivity index (χ0) is 25.8. The molecule has 0 saturated carbocycles. The highest BCUT2D eigenvalue weighted by Crippen LogP contribution is 2.28. The van der Waals surface area contributed by atoms with Gasteiger partial charge in [0, 0.05) is 5.69 Å². The van der Waals surface area contributed by atoms with Crippen molar-refractivity contribution in [2.24, 2.45) is 0 Å². The van der Waals surface area contributed by atoms with Crippen molar-refractivity contribution in [3.05, 3.63) is 93.7 Å². The van der Waals surface area contributed by atoms with E-state index >= 15 is 0 Å². The van der Waals surface area contributed by atoms with Crippen LogP contribution < -0.4 is 20.3 Å². The fraction of sp³-hybridized carbons (Fsp3) is 0.0769. The number of urea groups is 1. The lowest BCUT2D eigenvalue weighted by Crippen LogP contribution is -2.54. The number of hydrogen-bond donors (Lipinski definition) is 2. The molecule has 2 N–H and O–H groups in total. The first-order valence-corrected chi connectivity index (χ1v) is 11.5. The number of carbonyl (C=O) groups excluding carboxylic acids is 4. The van der Waals surface area contributed by atoms with Crippen molar-refractivity contribution >= 4 is 57.1 Å². The summed E-state index contributed by atoms with van der Waals surface area (Å²) in [7, 11) is 0. The van der Waals surface area contributed by atoms with Gasteiger partial charge in [0.2, 0.25) is 0 Å². The van der Waals surface area contributed by atoms with Crippen molar-refractivity contribution in [2.45, 2.75) is 6.92 Å². The van der Waals surface area contributed by atoms with Gasteiger partial charge in [0.1, 0.15) is 17.1 Å². The zero-order valence-corrected chi connectivity index (χ0v) is 20.5. The largest absolute Gasteiger partial charge is 0.483 e. The van der Waals surface area contributed by atoms with Crippen molar-refractivity contribution < 1.29 is 28.3 Å². The molecule has 10 heteroatoms. The van der Waals surface area contributed by atoms with E-state index in [9.17, 15) is 23.6 Å². The van der Waals surface area contributed by atoms with E-state index < -0.39 is 23.7 Å². The lowest BCUT2D eigenvalue weighted by Gasteiger charge is -2.26. The molecule has 182 valence electrons. The smallest absolute Gasteiger partial charge is 0.335 e. The second-order valence-electron chi connectivity index (χ2n) is 7.83. The molecule has 5 amide bonds. The number of ether oxygens (including phenoxy) is 1. The normalized spacial score (nSPS) is 14.6. The van der Waals surface area contributed by atoms with Crippen molar-refractivity contribution in [3.63, 3.8) is 0 Å². The molecule has 1 heterocycles. The number of hydrogen-bond acceptors (Lipinski definition) is 5. The van der Waals surface area contributed by atoms with Gasteiger partial charge >= 0.3 is 6.03 Å². The Balaban J connectivity index is 1.47. The number of aryl methyl sites for hydroxylation is 1. The Labute approximate surface area is 213 Å². The molecule has 0 aliphatic carbocycles. The van der Waals surface area contributed by atoms with Crippen LogP contribution >= 0.6 is 15.9 Å². The minimum absolute atomic E-state index is 0.117. The number of amides is 5. The maximum atomic E-state index is 13.2. The van der Waals surface area contributed by atoms with Gasteiger partial charge in [-0.1, -0.05) is 23.8 Å². The zero-order valence-electron chi connectivity index (χ0n) is 18.9. The fourth-order valence-corrected chi connectivity index (χ4v) is 3.86. The van der Waals surface area contributed by atoms with Crippen LogP contribution in [0.1, 0.15) is 11.1 Å². The first-order valence-electron chi connectivity index (χ1n) is 10.7. The highest BCUT2D eigenvalue weighted by atomic mass is 79.9. The summed E-state index contributed by atoms with van der Waals surface area (Å²) in [6.45, 7) is 1.71. The highest BCUT2D eigenvalue weighted by Gasteiger charge is 2.36. The van der Waals surface area contributed by atoms with E-state index in [1.54, 1.807) is 30.3 Å². The number of benzene rings is 3. The van der Waals surface area contributed by atoms with Crippen molar-refractivity contribution in [3.8, 4) is 5.75 Å². The van der Waals surface area contributed by atoms with Crippen LogP contribution in [0.2, 0.25) is 0 Å². The molecule has 3 aromatic carbocycles. The molecule has 0 atom stereocenters. The van der Waals surface area contributed by atoms with Gasteiger partial charge in [-0.15, -0.1) is 0 Å². The van der Waals surface area contributed by atoms with Crippen LogP contribution in [0.25, 0.3) is 6.08 Å². The van der Waals surface area contributed by atoms with Gasteiger partial charge in [-0.05, 0) is 83.0 Å². The molecule has 1 saturated heterocycles. The molecular formula is C26H19BrFN3O5. The van der Waals surface area contributed by atoms with Gasteiger partial charge in [0.15, 0.2) is 6.61 Å². The molecule has 3 aromatic rings. The summed E-state index contributed by atoms with van der Waals surface area (Å²) in [4.78, 5) is 50.5. The summed E-state index contributed by atoms with van der Waals surface area (Å²) >= 11 is 3.36. The maximum absolute atomic E-state index is 13.2. The second-order valence-corrected chi connectivity index (χ2v) is 8.68. The number of imide groups is 2. The summed E-state index contributed by atoms with van der Waals surface area (Å²) < 4.78 is 19.3. The summed E-state index contributed by atoms with van der Waals surface area (Å²) in [5.74, 6) is -2.20. The van der Waals surface area contributed by atoms with Crippen LogP contribution in [-0.2, 0) is 14.4 Å². The third-order valence-corrected chi connectivity index (χ3v) is 5.77. The lowest BCUT2D eigenvalue weighted by atomic mass is 10.1. The van der Waals surface area contributed by atoms with Crippen LogP contribution in [0.5, 0.6) is 5.75 Å². The van der Waals surface area contributed by atoms with Gasteiger partial charge in [-0.3, -0.25) is 19.7 Å². The first-order chi connectivity index (χ1) is 17.2. The Morgan fingerprint density at radius 1 is 1.06 bits per heavy atom. The quantitative estimate of drug-likeness (QED) is 0.344.